The summed E-state index contributed by atoms with van der Waals surface area (Å²) in [5.74, 6) is 0. The van der Waals surface area contributed by atoms with Crippen LogP contribution in [0.5, 0.6) is 0 Å². The molecule has 0 N–H and O–H groups in total. The maximum atomic E-state index is 10.1. The number of carbonyl (C=O) groups excluding carboxylic acids is 1. The smallest absolute Gasteiger partial charge is 0.215 e. The van der Waals surface area contributed by atoms with E-state index < -0.39 is 0 Å². The zero-order valence-corrected chi connectivity index (χ0v) is 3.86. The van der Waals surface area contributed by atoms with E-state index >= 15 is 0 Å². The molecule has 6 heavy (non-hydrogen) atoms. The largest absolute Gasteiger partial charge is 0.285 e. The van der Waals surface area contributed by atoms with Crippen LogP contribution in [0.15, 0.2) is 4.99 Å². The van der Waals surface area contributed by atoms with Gasteiger partial charge in [0.25, 0.3) is 0 Å². The predicted molar refractivity (Wildman–Crippen MR) is 26.0 cm³/mol. The number of rotatable bonds is 0. The lowest BCUT2D eigenvalue weighted by atomic mass is 10.8. The Bertz CT molecular complexity index is 89.0. The van der Waals surface area contributed by atoms with Crippen molar-refractivity contribution in [1.82, 2.24) is 0 Å². The van der Waals surface area contributed by atoms with E-state index in [9.17, 15) is 4.79 Å². The number of hydrogen-bond acceptors (Lipinski definition) is 3. The van der Waals surface area contributed by atoms with Crippen LogP contribution >= 0.6 is 11.8 Å². The Balaban J connectivity index is 2.52. The molecule has 0 atom stereocenters. The Morgan fingerprint density at radius 2 is 2.83 bits per heavy atom. The number of carbonyl (C=O) groups is 1. The van der Waals surface area contributed by atoms with Crippen molar-refractivity contribution in [3.05, 3.63) is 0 Å². The van der Waals surface area contributed by atoms with Crippen molar-refractivity contribution < 1.29 is 4.79 Å². The summed E-state index contributed by atoms with van der Waals surface area (Å²) in [4.78, 5) is 13.7. The lowest BCUT2D eigenvalue weighted by Crippen LogP contribution is -1.85. The standard InChI is InChI=1S/C3H3NOS/c5-3-1-4-2-6-3/h2H,1H2. The molecule has 1 rings (SSSR count). The quantitative estimate of drug-likeness (QED) is 0.439. The molecule has 0 saturated heterocycles. The van der Waals surface area contributed by atoms with Crippen LogP contribution < -0.4 is 0 Å². The molecular weight excluding hydrogens is 98.1 g/mol. The fourth-order valence-corrected chi connectivity index (χ4v) is 0.661. The monoisotopic (exact) mass is 101 g/mol. The van der Waals surface area contributed by atoms with E-state index in [0.717, 1.165) is 0 Å². The molecular formula is C3H3NOS. The molecule has 0 saturated carbocycles. The van der Waals surface area contributed by atoms with Crippen LogP contribution in [-0.2, 0) is 4.79 Å². The Labute approximate surface area is 39.6 Å². The highest BCUT2D eigenvalue weighted by Crippen LogP contribution is 2.03. The third-order valence-electron chi connectivity index (χ3n) is 0.479. The summed E-state index contributed by atoms with van der Waals surface area (Å²) in [7, 11) is 0. The van der Waals surface area contributed by atoms with Crippen molar-refractivity contribution in [1.29, 1.82) is 0 Å². The fourth-order valence-electron chi connectivity index (χ4n) is 0.245. The van der Waals surface area contributed by atoms with Gasteiger partial charge >= 0.3 is 0 Å². The Hall–Kier alpha value is -0.310. The van der Waals surface area contributed by atoms with Crippen LogP contribution in [0.4, 0.5) is 0 Å². The van der Waals surface area contributed by atoms with Crippen LogP contribution in [0.25, 0.3) is 0 Å². The molecule has 0 aromatic carbocycles. The van der Waals surface area contributed by atoms with Gasteiger partial charge in [0.15, 0.2) is 0 Å². The summed E-state index contributed by atoms with van der Waals surface area (Å²) in [6.45, 7) is 0.380. The van der Waals surface area contributed by atoms with Crippen LogP contribution in [-0.4, -0.2) is 17.2 Å². The lowest BCUT2D eigenvalue weighted by molar-refractivity contribution is -0.109. The van der Waals surface area contributed by atoms with Gasteiger partial charge in [-0.3, -0.25) is 9.79 Å². The molecule has 0 aliphatic carbocycles. The molecule has 0 aromatic rings. The molecule has 0 radical (unpaired) electrons. The van der Waals surface area contributed by atoms with Gasteiger partial charge in [-0.25, -0.2) is 0 Å². The zero-order valence-electron chi connectivity index (χ0n) is 3.05. The molecule has 0 spiro atoms. The first-order valence-electron chi connectivity index (χ1n) is 1.57. The Morgan fingerprint density at radius 3 is 3.00 bits per heavy atom. The Morgan fingerprint density at radius 1 is 2.00 bits per heavy atom. The van der Waals surface area contributed by atoms with Crippen molar-refractivity contribution in [3.8, 4) is 0 Å². The summed E-state index contributed by atoms with van der Waals surface area (Å²) < 4.78 is 0. The van der Waals surface area contributed by atoms with Gasteiger partial charge in [-0.15, -0.1) is 0 Å². The van der Waals surface area contributed by atoms with Crippen LogP contribution in [0.2, 0.25) is 0 Å². The zero-order chi connectivity index (χ0) is 4.41. The summed E-state index contributed by atoms with van der Waals surface area (Å²) in [6.07, 6.45) is 0. The summed E-state index contributed by atoms with van der Waals surface area (Å²) in [6, 6.07) is 0. The second-order valence-corrected chi connectivity index (χ2v) is 1.84. The van der Waals surface area contributed by atoms with Crippen molar-refractivity contribution in [2.75, 3.05) is 6.54 Å². The van der Waals surface area contributed by atoms with Gasteiger partial charge in [-0.1, -0.05) is 0 Å². The number of thioether (sulfide) groups is 1. The van der Waals surface area contributed by atoms with Gasteiger partial charge in [-0.2, -0.15) is 0 Å². The minimum Gasteiger partial charge on any atom is -0.285 e. The molecule has 1 aliphatic heterocycles. The van der Waals surface area contributed by atoms with Crippen molar-refractivity contribution in [2.45, 2.75) is 0 Å². The molecule has 1 aliphatic rings. The van der Waals surface area contributed by atoms with Gasteiger partial charge in [-0.05, 0) is 11.8 Å². The highest BCUT2D eigenvalue weighted by Gasteiger charge is 2.02. The first kappa shape index (κ1) is 3.87. The fraction of sp³-hybridized carbons (Fsp3) is 0.333. The van der Waals surface area contributed by atoms with Crippen molar-refractivity contribution >= 4 is 22.4 Å². The summed E-state index contributed by atoms with van der Waals surface area (Å²) >= 11 is 1.17. The first-order valence-corrected chi connectivity index (χ1v) is 2.45. The third kappa shape index (κ3) is 0.597. The molecule has 0 aromatic heterocycles. The molecule has 32 valence electrons. The minimum atomic E-state index is 0.148. The van der Waals surface area contributed by atoms with E-state index in [-0.39, 0.29) is 5.12 Å². The van der Waals surface area contributed by atoms with Crippen LogP contribution in [0.1, 0.15) is 0 Å². The third-order valence-corrected chi connectivity index (χ3v) is 1.13. The summed E-state index contributed by atoms with van der Waals surface area (Å²) in [5, 5.41) is 0.148. The SMILES string of the molecule is O=C1CN=CS1. The Kier molecular flexibility index (Phi) is 0.919. The highest BCUT2D eigenvalue weighted by atomic mass is 32.2. The average molecular weight is 101 g/mol. The molecule has 0 amide bonds. The second kappa shape index (κ2) is 1.43. The second-order valence-electron chi connectivity index (χ2n) is 0.936. The lowest BCUT2D eigenvalue weighted by Gasteiger charge is -1.69. The van der Waals surface area contributed by atoms with Crippen LogP contribution in [0.3, 0.4) is 0 Å². The van der Waals surface area contributed by atoms with E-state index in [1.165, 1.54) is 11.8 Å². The topological polar surface area (TPSA) is 29.4 Å². The molecule has 3 heteroatoms. The van der Waals surface area contributed by atoms with Gasteiger partial charge in [0.2, 0.25) is 5.12 Å². The van der Waals surface area contributed by atoms with Gasteiger partial charge < -0.3 is 0 Å². The van der Waals surface area contributed by atoms with E-state index in [2.05, 4.69) is 4.99 Å². The highest BCUT2D eigenvalue weighted by molar-refractivity contribution is 8.25. The van der Waals surface area contributed by atoms with E-state index in [4.69, 9.17) is 0 Å². The normalized spacial score (nSPS) is 19.7. The average Bonchev–Trinajstić information content (AvgIpc) is 1.86. The van der Waals surface area contributed by atoms with E-state index in [1.807, 2.05) is 0 Å². The van der Waals surface area contributed by atoms with Gasteiger partial charge in [0.05, 0.1) is 5.55 Å². The first-order chi connectivity index (χ1) is 2.89. The number of hydrogen-bond donors (Lipinski definition) is 0. The number of aliphatic imine (C=N–C) groups is 1. The predicted octanol–water partition coefficient (Wildman–Crippen LogP) is 0.288. The van der Waals surface area contributed by atoms with Gasteiger partial charge in [0.1, 0.15) is 6.54 Å². The molecule has 0 fully saturated rings. The van der Waals surface area contributed by atoms with Gasteiger partial charge in [0, 0.05) is 0 Å². The molecule has 0 unspecified atom stereocenters. The minimum absolute atomic E-state index is 0.148. The molecule has 0 bridgehead atoms. The maximum Gasteiger partial charge on any atom is 0.215 e. The van der Waals surface area contributed by atoms with Crippen molar-refractivity contribution in [2.24, 2.45) is 4.99 Å². The van der Waals surface area contributed by atoms with Crippen LogP contribution in [0, 0.1) is 0 Å². The number of nitrogens with zero attached hydrogens (tertiary/aromatic N) is 1. The molecule has 2 nitrogen and oxygen atoms in total. The molecule has 1 heterocycles. The summed E-state index contributed by atoms with van der Waals surface area (Å²) in [5.41, 5.74) is 1.57. The van der Waals surface area contributed by atoms with E-state index in [0.29, 0.717) is 6.54 Å². The van der Waals surface area contributed by atoms with E-state index in [1.54, 1.807) is 5.55 Å². The maximum absolute atomic E-state index is 10.1. The van der Waals surface area contributed by atoms with Crippen molar-refractivity contribution in [3.63, 3.8) is 0 Å².